The first-order chi connectivity index (χ1) is 17.0. The van der Waals surface area contributed by atoms with Crippen LogP contribution in [0.5, 0.6) is 11.5 Å². The van der Waals surface area contributed by atoms with Gasteiger partial charge in [-0.2, -0.15) is 0 Å². The van der Waals surface area contributed by atoms with Gasteiger partial charge in [0.2, 0.25) is 12.6 Å². The number of aliphatic hydroxyl groups is 1. The van der Waals surface area contributed by atoms with Crippen molar-refractivity contribution in [2.75, 3.05) is 30.6 Å². The molecule has 0 aliphatic heterocycles. The molecule has 4 N–H and O–H groups in total. The topological polar surface area (TPSA) is 122 Å². The molecule has 184 valence electrons. The Morgan fingerprint density at radius 2 is 1.86 bits per heavy atom. The van der Waals surface area contributed by atoms with Crippen LogP contribution in [0, 0.1) is 0 Å². The van der Waals surface area contributed by atoms with Crippen LogP contribution in [-0.4, -0.2) is 41.9 Å². The van der Waals surface area contributed by atoms with Gasteiger partial charge in [0.15, 0.2) is 5.75 Å². The standard InChI is InChI=1S/C24H24F2N4O5/c25-15-34-21-7-6-17(13-22(21)35-26)30-23(32)18-4-1-2-5-19(18)29-14-16-8-10-27-20(12-16)24(33)28-9-3-11-31/h1-2,4-8,10,12-13,29,31H,3,9,11,14-15H2,(H,28,33)(H,30,32). The maximum Gasteiger partial charge on any atom is 0.269 e. The molecule has 0 aliphatic carbocycles. The molecule has 0 atom stereocenters. The van der Waals surface area contributed by atoms with Crippen molar-refractivity contribution in [3.05, 3.63) is 77.6 Å². The Hall–Kier alpha value is -4.25. The van der Waals surface area contributed by atoms with Gasteiger partial charge >= 0.3 is 0 Å². The summed E-state index contributed by atoms with van der Waals surface area (Å²) in [5.41, 5.74) is 2.05. The van der Waals surface area contributed by atoms with E-state index in [4.69, 9.17) is 5.11 Å². The smallest absolute Gasteiger partial charge is 0.269 e. The molecule has 0 saturated heterocycles. The maximum atomic E-state index is 12.9. The molecule has 3 rings (SSSR count). The van der Waals surface area contributed by atoms with Crippen LogP contribution in [0.1, 0.15) is 32.8 Å². The molecule has 35 heavy (non-hydrogen) atoms. The minimum atomic E-state index is -1.16. The number of hydrogen-bond acceptors (Lipinski definition) is 7. The molecule has 0 spiro atoms. The first kappa shape index (κ1) is 25.4. The molecule has 9 nitrogen and oxygen atoms in total. The summed E-state index contributed by atoms with van der Waals surface area (Å²) in [7, 11) is 0. The molecule has 3 aromatic rings. The monoisotopic (exact) mass is 486 g/mol. The van der Waals surface area contributed by atoms with E-state index in [0.717, 1.165) is 5.56 Å². The van der Waals surface area contributed by atoms with Crippen molar-refractivity contribution in [1.82, 2.24) is 10.3 Å². The highest BCUT2D eigenvalue weighted by molar-refractivity contribution is 6.08. The fraction of sp³-hybridized carbons (Fsp3) is 0.208. The Morgan fingerprint density at radius 3 is 2.63 bits per heavy atom. The Bertz CT molecular complexity index is 1160. The highest BCUT2D eigenvalue weighted by Crippen LogP contribution is 2.31. The Balaban J connectivity index is 1.68. The normalized spacial score (nSPS) is 10.4. The molecule has 1 aromatic heterocycles. The fourth-order valence-electron chi connectivity index (χ4n) is 3.14. The summed E-state index contributed by atoms with van der Waals surface area (Å²) in [6.45, 7) is -0.534. The number of carbonyl (C=O) groups is 2. The third kappa shape index (κ3) is 7.11. The summed E-state index contributed by atoms with van der Waals surface area (Å²) in [6.07, 6.45) is 1.96. The van der Waals surface area contributed by atoms with Crippen molar-refractivity contribution in [1.29, 1.82) is 0 Å². The number of pyridine rings is 1. The molecule has 0 radical (unpaired) electrons. The number of alkyl halides is 1. The second kappa shape index (κ2) is 12.8. The summed E-state index contributed by atoms with van der Waals surface area (Å²) in [6, 6.07) is 14.0. The summed E-state index contributed by atoms with van der Waals surface area (Å²) < 4.78 is 29.8. The van der Waals surface area contributed by atoms with Gasteiger partial charge in [-0.3, -0.25) is 19.5 Å². The van der Waals surface area contributed by atoms with Gasteiger partial charge in [0, 0.05) is 47.9 Å². The van der Waals surface area contributed by atoms with Crippen LogP contribution in [0.4, 0.5) is 20.3 Å². The molecule has 0 bridgehead atoms. The first-order valence-corrected chi connectivity index (χ1v) is 10.7. The SMILES string of the molecule is O=C(NCCCO)c1cc(CNc2ccccc2C(=O)Nc2ccc(OCF)c(OF)c2)ccn1. The Morgan fingerprint density at radius 1 is 1.03 bits per heavy atom. The van der Waals surface area contributed by atoms with Crippen LogP contribution >= 0.6 is 0 Å². The van der Waals surface area contributed by atoms with Crippen molar-refractivity contribution in [2.24, 2.45) is 0 Å². The number of nitrogens with zero attached hydrogens (tertiary/aromatic N) is 1. The van der Waals surface area contributed by atoms with E-state index in [1.807, 2.05) is 0 Å². The van der Waals surface area contributed by atoms with E-state index in [-0.39, 0.29) is 35.4 Å². The number of carbonyl (C=O) groups excluding carboxylic acids is 2. The number of ether oxygens (including phenoxy) is 1. The Labute approximate surface area is 200 Å². The van der Waals surface area contributed by atoms with E-state index >= 15 is 0 Å². The molecule has 0 fully saturated rings. The molecule has 0 unspecified atom stereocenters. The average molecular weight is 486 g/mol. The third-order valence-corrected chi connectivity index (χ3v) is 4.83. The van der Waals surface area contributed by atoms with Crippen LogP contribution in [-0.2, 0) is 6.54 Å². The number of nitrogens with one attached hydrogen (secondary N) is 3. The number of hydrogen-bond donors (Lipinski definition) is 4. The fourth-order valence-corrected chi connectivity index (χ4v) is 3.14. The summed E-state index contributed by atoms with van der Waals surface area (Å²) >= 11 is 0. The molecule has 0 aliphatic rings. The van der Waals surface area contributed by atoms with Crippen LogP contribution in [0.15, 0.2) is 60.8 Å². The van der Waals surface area contributed by atoms with Crippen molar-refractivity contribution < 1.29 is 33.3 Å². The van der Waals surface area contributed by atoms with E-state index in [1.54, 1.807) is 36.4 Å². The second-order valence-corrected chi connectivity index (χ2v) is 7.23. The van der Waals surface area contributed by atoms with Crippen molar-refractivity contribution in [3.8, 4) is 11.5 Å². The zero-order chi connectivity index (χ0) is 25.0. The van der Waals surface area contributed by atoms with Crippen molar-refractivity contribution >= 4 is 23.2 Å². The van der Waals surface area contributed by atoms with E-state index in [9.17, 15) is 18.5 Å². The molecular formula is C24H24F2N4O5. The van der Waals surface area contributed by atoms with Crippen LogP contribution < -0.4 is 25.6 Å². The lowest BCUT2D eigenvalue weighted by Crippen LogP contribution is -2.26. The zero-order valence-electron chi connectivity index (χ0n) is 18.6. The lowest BCUT2D eigenvalue weighted by atomic mass is 10.1. The van der Waals surface area contributed by atoms with Gasteiger partial charge in [-0.1, -0.05) is 12.1 Å². The number of halogens is 2. The largest absolute Gasteiger partial charge is 0.459 e. The second-order valence-electron chi connectivity index (χ2n) is 7.23. The van der Waals surface area contributed by atoms with Gasteiger partial charge < -0.3 is 25.8 Å². The first-order valence-electron chi connectivity index (χ1n) is 10.7. The van der Waals surface area contributed by atoms with Gasteiger partial charge in [-0.05, 0) is 48.4 Å². The maximum absolute atomic E-state index is 12.9. The number of para-hydroxylation sites is 1. The van der Waals surface area contributed by atoms with Gasteiger partial charge in [0.05, 0.1) is 5.56 Å². The van der Waals surface area contributed by atoms with E-state index < -0.39 is 12.8 Å². The molecule has 11 heteroatoms. The van der Waals surface area contributed by atoms with Gasteiger partial charge in [-0.25, -0.2) is 4.39 Å². The van der Waals surface area contributed by atoms with Gasteiger partial charge in [-0.15, -0.1) is 0 Å². The van der Waals surface area contributed by atoms with Crippen LogP contribution in [0.25, 0.3) is 0 Å². The summed E-state index contributed by atoms with van der Waals surface area (Å²) in [4.78, 5) is 32.8. The lowest BCUT2D eigenvalue weighted by molar-refractivity contribution is -0.0107. The van der Waals surface area contributed by atoms with Gasteiger partial charge in [0.25, 0.3) is 11.8 Å². The number of aliphatic hydroxyl groups excluding tert-OH is 1. The minimum absolute atomic E-state index is 0.0195. The summed E-state index contributed by atoms with van der Waals surface area (Å²) in [5.74, 6) is -1.34. The van der Waals surface area contributed by atoms with E-state index in [2.05, 4.69) is 30.6 Å². The van der Waals surface area contributed by atoms with Gasteiger partial charge in [0.1, 0.15) is 5.69 Å². The third-order valence-electron chi connectivity index (χ3n) is 4.83. The van der Waals surface area contributed by atoms with E-state index in [0.29, 0.717) is 30.8 Å². The molecular weight excluding hydrogens is 462 g/mol. The molecule has 2 aromatic carbocycles. The minimum Gasteiger partial charge on any atom is -0.459 e. The van der Waals surface area contributed by atoms with Crippen molar-refractivity contribution in [2.45, 2.75) is 13.0 Å². The van der Waals surface area contributed by atoms with Crippen LogP contribution in [0.3, 0.4) is 0 Å². The summed E-state index contributed by atoms with van der Waals surface area (Å²) in [5, 5.41) is 17.3. The quantitative estimate of drug-likeness (QED) is 0.289. The predicted octanol–water partition coefficient (Wildman–Crippen LogP) is 3.63. The highest BCUT2D eigenvalue weighted by atomic mass is 19.3. The molecule has 0 saturated carbocycles. The van der Waals surface area contributed by atoms with E-state index in [1.165, 1.54) is 24.4 Å². The number of anilines is 2. The zero-order valence-corrected chi connectivity index (χ0v) is 18.6. The molecule has 2 amide bonds. The van der Waals surface area contributed by atoms with Crippen LogP contribution in [0.2, 0.25) is 0 Å². The average Bonchev–Trinajstić information content (AvgIpc) is 2.88. The Kier molecular flexibility index (Phi) is 9.31. The number of rotatable bonds is 12. The molecule has 1 heterocycles. The predicted molar refractivity (Wildman–Crippen MR) is 125 cm³/mol. The number of aromatic nitrogens is 1. The number of amides is 2. The highest BCUT2D eigenvalue weighted by Gasteiger charge is 2.14. The van der Waals surface area contributed by atoms with Crippen molar-refractivity contribution in [3.63, 3.8) is 0 Å². The number of benzene rings is 2. The lowest BCUT2D eigenvalue weighted by Gasteiger charge is -2.13.